The second-order valence-corrected chi connectivity index (χ2v) is 6.66. The van der Waals surface area contributed by atoms with Crippen molar-refractivity contribution in [3.8, 4) is 0 Å². The second-order valence-electron chi connectivity index (χ2n) is 6.66. The molecule has 0 aromatic carbocycles. The third-order valence-electron chi connectivity index (χ3n) is 5.69. The van der Waals surface area contributed by atoms with Crippen molar-refractivity contribution in [2.24, 2.45) is 22.7 Å². The van der Waals surface area contributed by atoms with E-state index in [2.05, 4.69) is 26.8 Å². The first-order valence-corrected chi connectivity index (χ1v) is 6.36. The lowest BCUT2D eigenvalue weighted by Gasteiger charge is -2.65. The summed E-state index contributed by atoms with van der Waals surface area (Å²) in [6.07, 6.45) is 7.12. The molecule has 0 aromatic heterocycles. The monoisotopic (exact) mass is 206 g/mol. The summed E-state index contributed by atoms with van der Waals surface area (Å²) >= 11 is 0. The minimum Gasteiger partial charge on any atom is -0.389 e. The number of allylic oxidation sites excluding steroid dienone is 1. The van der Waals surface area contributed by atoms with E-state index in [1.54, 1.807) is 0 Å². The second kappa shape index (κ2) is 2.68. The molecule has 0 amide bonds. The van der Waals surface area contributed by atoms with Gasteiger partial charge in [-0.15, -0.1) is 0 Å². The Bertz CT molecular complexity index is 328. The molecule has 4 atom stereocenters. The van der Waals surface area contributed by atoms with Crippen molar-refractivity contribution in [2.45, 2.75) is 52.6 Å². The molecule has 0 aliphatic heterocycles. The molecule has 15 heavy (non-hydrogen) atoms. The third kappa shape index (κ3) is 1.03. The molecule has 0 unspecified atom stereocenters. The lowest BCUT2D eigenvalue weighted by molar-refractivity contribution is -0.0998. The summed E-state index contributed by atoms with van der Waals surface area (Å²) in [5.74, 6) is 1.54. The maximum Gasteiger partial charge on any atom is 0.0755 e. The van der Waals surface area contributed by atoms with Crippen molar-refractivity contribution in [3.63, 3.8) is 0 Å². The SMILES string of the molecule is CC1(C)[C@H]2C[C@@H]1C=C1[C@@H](O)CCC[C@@]12C. The van der Waals surface area contributed by atoms with Crippen LogP contribution in [0.4, 0.5) is 0 Å². The number of rotatable bonds is 0. The molecule has 0 spiro atoms. The van der Waals surface area contributed by atoms with E-state index in [0.29, 0.717) is 10.8 Å². The molecule has 2 fully saturated rings. The highest BCUT2D eigenvalue weighted by atomic mass is 16.3. The molecule has 2 bridgehead atoms. The zero-order valence-electron chi connectivity index (χ0n) is 10.1. The summed E-state index contributed by atoms with van der Waals surface area (Å²) < 4.78 is 0. The Morgan fingerprint density at radius 2 is 2.07 bits per heavy atom. The van der Waals surface area contributed by atoms with Gasteiger partial charge in [-0.2, -0.15) is 0 Å². The smallest absolute Gasteiger partial charge is 0.0755 e. The highest BCUT2D eigenvalue weighted by Crippen LogP contribution is 2.68. The summed E-state index contributed by atoms with van der Waals surface area (Å²) in [7, 11) is 0. The van der Waals surface area contributed by atoms with Crippen molar-refractivity contribution in [2.75, 3.05) is 0 Å². The molecular weight excluding hydrogens is 184 g/mol. The Balaban J connectivity index is 2.06. The zero-order valence-corrected chi connectivity index (χ0v) is 10.1. The van der Waals surface area contributed by atoms with E-state index in [-0.39, 0.29) is 6.10 Å². The summed E-state index contributed by atoms with van der Waals surface area (Å²) in [4.78, 5) is 0. The van der Waals surface area contributed by atoms with Crippen molar-refractivity contribution >= 4 is 0 Å². The number of hydrogen-bond acceptors (Lipinski definition) is 1. The average Bonchev–Trinajstić information content (AvgIpc) is 2.15. The Morgan fingerprint density at radius 1 is 1.33 bits per heavy atom. The van der Waals surface area contributed by atoms with Gasteiger partial charge in [-0.1, -0.05) is 26.8 Å². The van der Waals surface area contributed by atoms with Gasteiger partial charge in [0.2, 0.25) is 0 Å². The fourth-order valence-corrected chi connectivity index (χ4v) is 4.56. The van der Waals surface area contributed by atoms with Gasteiger partial charge in [0.05, 0.1) is 6.10 Å². The first kappa shape index (κ1) is 9.89. The molecule has 2 saturated carbocycles. The van der Waals surface area contributed by atoms with Gasteiger partial charge in [-0.3, -0.25) is 0 Å². The summed E-state index contributed by atoms with van der Waals surface area (Å²) in [5, 5.41) is 10.1. The van der Waals surface area contributed by atoms with Crippen molar-refractivity contribution in [1.82, 2.24) is 0 Å². The van der Waals surface area contributed by atoms with Crippen LogP contribution in [0.25, 0.3) is 0 Å². The highest BCUT2D eigenvalue weighted by Gasteiger charge is 2.60. The molecular formula is C14H22O. The van der Waals surface area contributed by atoms with E-state index in [1.165, 1.54) is 24.8 Å². The molecule has 0 aromatic rings. The molecule has 4 aliphatic carbocycles. The Morgan fingerprint density at radius 3 is 2.73 bits per heavy atom. The Labute approximate surface area is 92.6 Å². The van der Waals surface area contributed by atoms with Gasteiger partial charge in [0.15, 0.2) is 0 Å². The van der Waals surface area contributed by atoms with Crippen molar-refractivity contribution in [1.29, 1.82) is 0 Å². The van der Waals surface area contributed by atoms with E-state index < -0.39 is 0 Å². The Kier molecular flexibility index (Phi) is 1.77. The van der Waals surface area contributed by atoms with E-state index in [9.17, 15) is 5.11 Å². The number of hydrogen-bond donors (Lipinski definition) is 1. The van der Waals surface area contributed by atoms with Crippen LogP contribution in [0.5, 0.6) is 0 Å². The normalized spacial score (nSPS) is 51.5. The maximum atomic E-state index is 10.1. The third-order valence-corrected chi connectivity index (χ3v) is 5.69. The predicted molar refractivity (Wildman–Crippen MR) is 61.4 cm³/mol. The summed E-state index contributed by atoms with van der Waals surface area (Å²) in [6, 6.07) is 0. The van der Waals surface area contributed by atoms with E-state index in [4.69, 9.17) is 0 Å². The van der Waals surface area contributed by atoms with Gasteiger partial charge in [0.1, 0.15) is 0 Å². The van der Waals surface area contributed by atoms with Gasteiger partial charge in [0, 0.05) is 0 Å². The molecule has 4 rings (SSSR count). The lowest BCUT2D eigenvalue weighted by Crippen LogP contribution is -2.58. The quantitative estimate of drug-likeness (QED) is 0.604. The van der Waals surface area contributed by atoms with Crippen LogP contribution in [0.1, 0.15) is 46.5 Å². The van der Waals surface area contributed by atoms with E-state index in [1.807, 2.05) is 0 Å². The topological polar surface area (TPSA) is 20.2 Å². The molecule has 0 radical (unpaired) electrons. The lowest BCUT2D eigenvalue weighted by atomic mass is 9.40. The van der Waals surface area contributed by atoms with Gasteiger partial charge in [-0.05, 0) is 53.9 Å². The zero-order chi connectivity index (χ0) is 10.8. The number of aliphatic hydroxyl groups excluding tert-OH is 1. The first-order valence-electron chi connectivity index (χ1n) is 6.36. The van der Waals surface area contributed by atoms with Gasteiger partial charge >= 0.3 is 0 Å². The van der Waals surface area contributed by atoms with Crippen LogP contribution >= 0.6 is 0 Å². The minimum atomic E-state index is -0.134. The highest BCUT2D eigenvalue weighted by molar-refractivity contribution is 5.33. The van der Waals surface area contributed by atoms with Crippen molar-refractivity contribution < 1.29 is 5.11 Å². The predicted octanol–water partition coefficient (Wildman–Crippen LogP) is 3.14. The van der Waals surface area contributed by atoms with Crippen LogP contribution in [0.3, 0.4) is 0 Å². The molecule has 1 heteroatoms. The van der Waals surface area contributed by atoms with Crippen LogP contribution in [0.15, 0.2) is 11.6 Å². The van der Waals surface area contributed by atoms with Crippen LogP contribution < -0.4 is 0 Å². The fourth-order valence-electron chi connectivity index (χ4n) is 4.56. The molecule has 0 saturated heterocycles. The fraction of sp³-hybridized carbons (Fsp3) is 0.857. The summed E-state index contributed by atoms with van der Waals surface area (Å²) in [6.45, 7) is 7.21. The van der Waals surface area contributed by atoms with Crippen LogP contribution in [-0.4, -0.2) is 11.2 Å². The van der Waals surface area contributed by atoms with Crippen LogP contribution in [0, 0.1) is 22.7 Å². The van der Waals surface area contributed by atoms with Gasteiger partial charge in [-0.25, -0.2) is 0 Å². The van der Waals surface area contributed by atoms with Gasteiger partial charge < -0.3 is 5.11 Å². The standard InChI is InChI=1S/C14H22O/c1-13(2)9-7-10-11(15)5-4-6-14(10,3)12(13)8-9/h7,9,11-12,15H,4-6,8H2,1-3H3/t9-,11-,12+,14-/m0/s1. The molecule has 1 nitrogen and oxygen atoms in total. The van der Waals surface area contributed by atoms with E-state index in [0.717, 1.165) is 18.3 Å². The number of aliphatic hydroxyl groups is 1. The molecule has 4 aliphatic rings. The van der Waals surface area contributed by atoms with Gasteiger partial charge in [0.25, 0.3) is 0 Å². The first-order chi connectivity index (χ1) is 6.96. The van der Waals surface area contributed by atoms with Crippen LogP contribution in [0.2, 0.25) is 0 Å². The summed E-state index contributed by atoms with van der Waals surface area (Å²) in [5.41, 5.74) is 2.18. The largest absolute Gasteiger partial charge is 0.389 e. The Hall–Kier alpha value is -0.300. The maximum absolute atomic E-state index is 10.1. The minimum absolute atomic E-state index is 0.134. The average molecular weight is 206 g/mol. The van der Waals surface area contributed by atoms with Crippen molar-refractivity contribution in [3.05, 3.63) is 11.6 Å². The molecule has 1 N–H and O–H groups in total. The molecule has 84 valence electrons. The molecule has 0 heterocycles. The van der Waals surface area contributed by atoms with Crippen LogP contribution in [-0.2, 0) is 0 Å². The van der Waals surface area contributed by atoms with E-state index >= 15 is 0 Å².